The molecular weight excluding hydrogens is 354 g/mol. The molecule has 3 heterocycles. The number of likely N-dealkylation sites (tertiary alicyclic amines) is 1. The van der Waals surface area contributed by atoms with Crippen LogP contribution < -0.4 is 5.32 Å². The zero-order valence-electron chi connectivity index (χ0n) is 15.8. The summed E-state index contributed by atoms with van der Waals surface area (Å²) in [7, 11) is 0. The molecule has 1 fully saturated rings. The number of fused-ring (bicyclic) bond motifs is 1. The maximum atomic E-state index is 12.4. The van der Waals surface area contributed by atoms with Gasteiger partial charge in [0.25, 0.3) is 5.91 Å². The fraction of sp³-hybridized carbons (Fsp3) is 0.364. The number of piperidine rings is 1. The Balaban J connectivity index is 1.19. The van der Waals surface area contributed by atoms with Crippen LogP contribution in [0.25, 0.3) is 10.9 Å². The number of benzene rings is 1. The topological polar surface area (TPSA) is 67.5 Å². The van der Waals surface area contributed by atoms with Gasteiger partial charge in [-0.25, -0.2) is 0 Å². The second kappa shape index (κ2) is 8.33. The van der Waals surface area contributed by atoms with Gasteiger partial charge in [-0.05, 0) is 48.9 Å². The van der Waals surface area contributed by atoms with E-state index in [1.165, 1.54) is 17.2 Å². The van der Waals surface area contributed by atoms with Gasteiger partial charge >= 0.3 is 0 Å². The minimum atomic E-state index is -0.0946. The van der Waals surface area contributed by atoms with E-state index in [0.29, 0.717) is 38.2 Å². The van der Waals surface area contributed by atoms with E-state index in [-0.39, 0.29) is 17.7 Å². The Labute approximate surface area is 164 Å². The monoisotopic (exact) mass is 379 g/mol. The van der Waals surface area contributed by atoms with Crippen LogP contribution in [0.15, 0.2) is 59.3 Å². The fourth-order valence-corrected chi connectivity index (χ4v) is 3.84. The van der Waals surface area contributed by atoms with E-state index < -0.39 is 0 Å². The summed E-state index contributed by atoms with van der Waals surface area (Å²) in [6.07, 6.45) is 5.88. The normalized spacial score (nSPS) is 15.1. The first-order valence-electron chi connectivity index (χ1n) is 9.87. The summed E-state index contributed by atoms with van der Waals surface area (Å²) in [6.45, 7) is 2.72. The molecule has 28 heavy (non-hydrogen) atoms. The minimum Gasteiger partial charge on any atom is -0.459 e. The van der Waals surface area contributed by atoms with E-state index in [2.05, 4.69) is 34.3 Å². The summed E-state index contributed by atoms with van der Waals surface area (Å²) in [5.74, 6) is 0.346. The number of nitrogens with zero attached hydrogens (tertiary/aromatic N) is 2. The molecular formula is C22H25N3O3. The summed E-state index contributed by atoms with van der Waals surface area (Å²) < 4.78 is 7.40. The maximum Gasteiger partial charge on any atom is 0.289 e. The van der Waals surface area contributed by atoms with Gasteiger partial charge in [0.2, 0.25) is 5.91 Å². The van der Waals surface area contributed by atoms with Crippen LogP contribution in [-0.4, -0.2) is 40.9 Å². The second-order valence-electron chi connectivity index (χ2n) is 7.26. The van der Waals surface area contributed by atoms with Crippen molar-refractivity contribution in [2.75, 3.05) is 19.6 Å². The van der Waals surface area contributed by atoms with E-state index in [9.17, 15) is 9.59 Å². The molecule has 0 aliphatic carbocycles. The predicted molar refractivity (Wildman–Crippen MR) is 107 cm³/mol. The average Bonchev–Trinajstić information content (AvgIpc) is 3.41. The van der Waals surface area contributed by atoms with Crippen molar-refractivity contribution in [3.05, 3.63) is 60.7 Å². The summed E-state index contributed by atoms with van der Waals surface area (Å²) in [6, 6.07) is 13.8. The van der Waals surface area contributed by atoms with Crippen LogP contribution in [-0.2, 0) is 11.3 Å². The van der Waals surface area contributed by atoms with Crippen molar-refractivity contribution >= 4 is 22.7 Å². The van der Waals surface area contributed by atoms with Crippen LogP contribution in [0, 0.1) is 5.92 Å². The Morgan fingerprint density at radius 1 is 1.07 bits per heavy atom. The van der Waals surface area contributed by atoms with Gasteiger partial charge in [-0.3, -0.25) is 9.59 Å². The van der Waals surface area contributed by atoms with Crippen molar-refractivity contribution < 1.29 is 14.0 Å². The molecule has 1 aliphatic heterocycles. The highest BCUT2D eigenvalue weighted by molar-refractivity contribution is 5.91. The van der Waals surface area contributed by atoms with Gasteiger partial charge in [0.15, 0.2) is 5.76 Å². The first-order valence-corrected chi connectivity index (χ1v) is 9.87. The van der Waals surface area contributed by atoms with E-state index in [0.717, 1.165) is 13.0 Å². The molecule has 6 nitrogen and oxygen atoms in total. The lowest BCUT2D eigenvalue weighted by Crippen LogP contribution is -2.43. The number of hydrogen-bond donors (Lipinski definition) is 1. The summed E-state index contributed by atoms with van der Waals surface area (Å²) in [5, 5.41) is 4.30. The highest BCUT2D eigenvalue weighted by atomic mass is 16.3. The number of aromatic nitrogens is 1. The smallest absolute Gasteiger partial charge is 0.289 e. The first-order chi connectivity index (χ1) is 13.7. The third-order valence-electron chi connectivity index (χ3n) is 5.44. The molecule has 1 aromatic carbocycles. The molecule has 0 atom stereocenters. The number of amides is 2. The first kappa shape index (κ1) is 18.3. The lowest BCUT2D eigenvalue weighted by atomic mass is 9.95. The fourth-order valence-electron chi connectivity index (χ4n) is 3.84. The van der Waals surface area contributed by atoms with Crippen LogP contribution in [0.1, 0.15) is 29.8 Å². The number of para-hydroxylation sites is 1. The van der Waals surface area contributed by atoms with Gasteiger partial charge in [-0.1, -0.05) is 18.2 Å². The van der Waals surface area contributed by atoms with E-state index in [1.807, 2.05) is 12.1 Å². The lowest BCUT2D eigenvalue weighted by Gasteiger charge is -2.30. The highest BCUT2D eigenvalue weighted by Crippen LogP contribution is 2.20. The van der Waals surface area contributed by atoms with Gasteiger partial charge in [-0.15, -0.1) is 0 Å². The van der Waals surface area contributed by atoms with E-state index in [4.69, 9.17) is 4.42 Å². The molecule has 3 aromatic rings. The molecule has 146 valence electrons. The van der Waals surface area contributed by atoms with Crippen molar-refractivity contribution in [1.29, 1.82) is 0 Å². The maximum absolute atomic E-state index is 12.4. The number of rotatable bonds is 6. The summed E-state index contributed by atoms with van der Waals surface area (Å²) >= 11 is 0. The number of hydrogen-bond acceptors (Lipinski definition) is 3. The Hall–Kier alpha value is -3.02. The summed E-state index contributed by atoms with van der Waals surface area (Å²) in [5.41, 5.74) is 1.22. The van der Waals surface area contributed by atoms with Crippen molar-refractivity contribution in [2.24, 2.45) is 5.92 Å². The highest BCUT2D eigenvalue weighted by Gasteiger charge is 2.28. The molecule has 1 N–H and O–H groups in total. The van der Waals surface area contributed by atoms with Crippen LogP contribution in [0.5, 0.6) is 0 Å². The Kier molecular flexibility index (Phi) is 5.46. The number of aryl methyl sites for hydroxylation is 1. The zero-order chi connectivity index (χ0) is 19.3. The van der Waals surface area contributed by atoms with Crippen molar-refractivity contribution in [2.45, 2.75) is 25.8 Å². The van der Waals surface area contributed by atoms with Crippen molar-refractivity contribution in [3.63, 3.8) is 0 Å². The molecule has 0 radical (unpaired) electrons. The number of furan rings is 1. The molecule has 0 unspecified atom stereocenters. The zero-order valence-corrected chi connectivity index (χ0v) is 15.8. The molecule has 2 amide bonds. The molecule has 6 heteroatoms. The third-order valence-corrected chi connectivity index (χ3v) is 5.44. The Bertz CT molecular complexity index is 937. The number of carbonyl (C=O) groups is 2. The van der Waals surface area contributed by atoms with Crippen LogP contribution in [0.4, 0.5) is 0 Å². The number of nitrogens with one attached hydrogen (secondary N) is 1. The summed E-state index contributed by atoms with van der Waals surface area (Å²) in [4.78, 5) is 26.5. The van der Waals surface area contributed by atoms with Crippen molar-refractivity contribution in [1.82, 2.24) is 14.8 Å². The van der Waals surface area contributed by atoms with E-state index >= 15 is 0 Å². The molecule has 0 bridgehead atoms. The van der Waals surface area contributed by atoms with Gasteiger partial charge in [0.1, 0.15) is 0 Å². The minimum absolute atomic E-state index is 0.0203. The van der Waals surface area contributed by atoms with Crippen molar-refractivity contribution in [3.8, 4) is 0 Å². The van der Waals surface area contributed by atoms with Crippen LogP contribution in [0.2, 0.25) is 0 Å². The van der Waals surface area contributed by atoms with Gasteiger partial charge in [0, 0.05) is 43.8 Å². The molecule has 1 saturated heterocycles. The largest absolute Gasteiger partial charge is 0.459 e. The van der Waals surface area contributed by atoms with Gasteiger partial charge in [-0.2, -0.15) is 0 Å². The average molecular weight is 379 g/mol. The number of carbonyl (C=O) groups excluding carboxylic acids is 2. The SMILES string of the molecule is O=C(NCCCn1ccc2ccccc21)C1CCN(C(=O)c2ccco2)CC1. The Morgan fingerprint density at radius 2 is 1.89 bits per heavy atom. The molecule has 1 aliphatic rings. The Morgan fingerprint density at radius 3 is 2.68 bits per heavy atom. The lowest BCUT2D eigenvalue weighted by molar-refractivity contribution is -0.126. The molecule has 0 saturated carbocycles. The third kappa shape index (κ3) is 3.96. The second-order valence-corrected chi connectivity index (χ2v) is 7.26. The van der Waals surface area contributed by atoms with Crippen LogP contribution >= 0.6 is 0 Å². The quantitative estimate of drug-likeness (QED) is 0.668. The molecule has 2 aromatic heterocycles. The van der Waals surface area contributed by atoms with E-state index in [1.54, 1.807) is 17.0 Å². The molecule has 4 rings (SSSR count). The van der Waals surface area contributed by atoms with Gasteiger partial charge < -0.3 is 19.2 Å². The van der Waals surface area contributed by atoms with Crippen LogP contribution in [0.3, 0.4) is 0 Å². The van der Waals surface area contributed by atoms with Gasteiger partial charge in [0.05, 0.1) is 6.26 Å². The standard InChI is InChI=1S/C22H25N3O3/c26-21(18-9-14-25(15-10-18)22(27)20-7-3-16-28-20)23-11-4-12-24-13-8-17-5-1-2-6-19(17)24/h1-3,5-8,13,16,18H,4,9-12,14-15H2,(H,23,26). The molecule has 0 spiro atoms. The predicted octanol–water partition coefficient (Wildman–Crippen LogP) is 3.29.